The summed E-state index contributed by atoms with van der Waals surface area (Å²) in [5, 5.41) is 12.8. The summed E-state index contributed by atoms with van der Waals surface area (Å²) in [6, 6.07) is 6.78. The summed E-state index contributed by atoms with van der Waals surface area (Å²) >= 11 is 0. The number of rotatable bonds is 6. The molecule has 6 nitrogen and oxygen atoms in total. The molecular weight excluding hydrogens is 272 g/mol. The van der Waals surface area contributed by atoms with Crippen LogP contribution in [0.3, 0.4) is 0 Å². The van der Waals surface area contributed by atoms with Crippen molar-refractivity contribution in [2.45, 2.75) is 13.5 Å². The normalized spacial score (nSPS) is 10.1. The quantitative estimate of drug-likeness (QED) is 0.653. The fourth-order valence-corrected chi connectivity index (χ4v) is 1.88. The van der Waals surface area contributed by atoms with Crippen LogP contribution in [0.15, 0.2) is 37.0 Å². The van der Waals surface area contributed by atoms with Crippen molar-refractivity contribution in [2.24, 2.45) is 0 Å². The molecule has 1 aromatic heterocycles. The summed E-state index contributed by atoms with van der Waals surface area (Å²) in [6.45, 7) is 5.90. The molecule has 0 unspecified atom stereocenters. The van der Waals surface area contributed by atoms with Crippen LogP contribution in [0.5, 0.6) is 5.88 Å². The summed E-state index contributed by atoms with van der Waals surface area (Å²) in [7, 11) is 0. The number of benzene rings is 1. The number of nitrogens with zero attached hydrogens (tertiary/aromatic N) is 2. The molecule has 0 bridgehead atoms. The Morgan fingerprint density at radius 3 is 2.90 bits per heavy atom. The number of hydrogen-bond acceptors (Lipinski definition) is 5. The van der Waals surface area contributed by atoms with E-state index >= 15 is 0 Å². The van der Waals surface area contributed by atoms with Gasteiger partial charge in [-0.3, -0.25) is 0 Å². The first kappa shape index (κ1) is 14.6. The van der Waals surface area contributed by atoms with Gasteiger partial charge in [0, 0.05) is 11.6 Å². The second-order valence-corrected chi connectivity index (χ2v) is 4.16. The van der Waals surface area contributed by atoms with Gasteiger partial charge in [0.05, 0.1) is 18.4 Å². The first-order valence-electron chi connectivity index (χ1n) is 6.45. The molecule has 0 amide bonds. The summed E-state index contributed by atoms with van der Waals surface area (Å²) in [4.78, 5) is 12.6. The van der Waals surface area contributed by atoms with Gasteiger partial charge in [-0.1, -0.05) is 29.9 Å². The van der Waals surface area contributed by atoms with Gasteiger partial charge in [-0.15, -0.1) is 4.85 Å². The minimum Gasteiger partial charge on any atom is -0.472 e. The number of hydrogen-bond donors (Lipinski definition) is 1. The Morgan fingerprint density at radius 2 is 2.29 bits per heavy atom. The molecule has 1 heterocycles. The standard InChI is InChI=1S/C15H16N2O4/c1-3-11-6-5-7-12(15(18)20-4-2)13(11)10-21-14-8-9-17(19)16-14/h3,5-9,19H,1,4,10H2,2H3. The predicted molar refractivity (Wildman–Crippen MR) is 76.2 cm³/mol. The van der Waals surface area contributed by atoms with Crippen molar-refractivity contribution in [2.75, 3.05) is 6.61 Å². The smallest absolute Gasteiger partial charge is 0.338 e. The summed E-state index contributed by atoms with van der Waals surface area (Å²) < 4.78 is 10.5. The van der Waals surface area contributed by atoms with Crippen LogP contribution < -0.4 is 4.74 Å². The van der Waals surface area contributed by atoms with Crippen LogP contribution >= 0.6 is 0 Å². The zero-order valence-electron chi connectivity index (χ0n) is 11.7. The van der Waals surface area contributed by atoms with Crippen LogP contribution in [0.4, 0.5) is 0 Å². The Kier molecular flexibility index (Phi) is 4.61. The Hall–Kier alpha value is -2.76. The fraction of sp³-hybridized carbons (Fsp3) is 0.200. The van der Waals surface area contributed by atoms with Gasteiger partial charge in [-0.05, 0) is 18.6 Å². The summed E-state index contributed by atoms with van der Waals surface area (Å²) in [6.07, 6.45) is 2.99. The van der Waals surface area contributed by atoms with Crippen LogP contribution in [0.25, 0.3) is 6.08 Å². The van der Waals surface area contributed by atoms with Crippen molar-refractivity contribution < 1.29 is 19.5 Å². The van der Waals surface area contributed by atoms with Gasteiger partial charge in [-0.2, -0.15) is 0 Å². The molecule has 0 saturated heterocycles. The highest BCUT2D eigenvalue weighted by molar-refractivity contribution is 5.92. The Bertz CT molecular complexity index is 649. The predicted octanol–water partition coefficient (Wildman–Crippen LogP) is 2.52. The molecule has 0 aliphatic rings. The fourth-order valence-electron chi connectivity index (χ4n) is 1.88. The Morgan fingerprint density at radius 1 is 1.48 bits per heavy atom. The van der Waals surface area contributed by atoms with Crippen LogP contribution in [-0.4, -0.2) is 27.7 Å². The van der Waals surface area contributed by atoms with Crippen molar-refractivity contribution in [3.05, 3.63) is 53.7 Å². The maximum Gasteiger partial charge on any atom is 0.338 e. The number of aromatic nitrogens is 2. The number of esters is 1. The van der Waals surface area contributed by atoms with Gasteiger partial charge in [0.2, 0.25) is 5.88 Å². The lowest BCUT2D eigenvalue weighted by atomic mass is 10.0. The molecule has 0 saturated carbocycles. The van der Waals surface area contributed by atoms with E-state index < -0.39 is 5.97 Å². The molecule has 1 N–H and O–H groups in total. The van der Waals surface area contributed by atoms with Crippen molar-refractivity contribution in [3.8, 4) is 5.88 Å². The topological polar surface area (TPSA) is 73.6 Å². The second-order valence-electron chi connectivity index (χ2n) is 4.16. The number of carbonyl (C=O) groups excluding carboxylic acids is 1. The van der Waals surface area contributed by atoms with E-state index in [1.54, 1.807) is 25.1 Å². The van der Waals surface area contributed by atoms with Crippen LogP contribution in [-0.2, 0) is 11.3 Å². The molecule has 0 spiro atoms. The van der Waals surface area contributed by atoms with Gasteiger partial charge in [0.1, 0.15) is 6.61 Å². The Labute approximate surface area is 122 Å². The maximum absolute atomic E-state index is 12.0. The van der Waals surface area contributed by atoms with Crippen molar-refractivity contribution in [3.63, 3.8) is 0 Å². The zero-order valence-corrected chi connectivity index (χ0v) is 11.7. The van der Waals surface area contributed by atoms with Crippen LogP contribution in [0, 0.1) is 0 Å². The van der Waals surface area contributed by atoms with E-state index in [1.807, 2.05) is 6.07 Å². The maximum atomic E-state index is 12.0. The minimum absolute atomic E-state index is 0.118. The molecule has 2 aromatic rings. The molecule has 0 fully saturated rings. The molecule has 6 heteroatoms. The van der Waals surface area contributed by atoms with Crippen molar-refractivity contribution >= 4 is 12.0 Å². The lowest BCUT2D eigenvalue weighted by Crippen LogP contribution is -2.11. The molecule has 21 heavy (non-hydrogen) atoms. The van der Waals surface area contributed by atoms with Gasteiger partial charge < -0.3 is 14.7 Å². The third-order valence-electron chi connectivity index (χ3n) is 2.84. The largest absolute Gasteiger partial charge is 0.472 e. The van der Waals surface area contributed by atoms with E-state index in [-0.39, 0.29) is 12.5 Å². The van der Waals surface area contributed by atoms with E-state index in [0.29, 0.717) is 22.6 Å². The number of ether oxygens (including phenoxy) is 2. The molecule has 0 aliphatic carbocycles. The van der Waals surface area contributed by atoms with Gasteiger partial charge >= 0.3 is 5.97 Å². The van der Waals surface area contributed by atoms with E-state index in [1.165, 1.54) is 12.3 Å². The average molecular weight is 288 g/mol. The summed E-state index contributed by atoms with van der Waals surface area (Å²) in [5.74, 6) is -0.154. The van der Waals surface area contributed by atoms with Gasteiger partial charge in [0.25, 0.3) is 0 Å². The molecule has 1 aromatic carbocycles. The third kappa shape index (κ3) is 3.42. The molecule has 0 aliphatic heterocycles. The zero-order chi connectivity index (χ0) is 15.2. The number of carbonyl (C=O) groups is 1. The van der Waals surface area contributed by atoms with Crippen LogP contribution in [0.1, 0.15) is 28.4 Å². The van der Waals surface area contributed by atoms with E-state index in [0.717, 1.165) is 5.56 Å². The molecule has 0 atom stereocenters. The molecule has 0 radical (unpaired) electrons. The van der Waals surface area contributed by atoms with Gasteiger partial charge in [-0.25, -0.2) is 4.79 Å². The van der Waals surface area contributed by atoms with E-state index in [2.05, 4.69) is 11.7 Å². The lowest BCUT2D eigenvalue weighted by Gasteiger charge is -2.12. The van der Waals surface area contributed by atoms with Crippen molar-refractivity contribution in [1.29, 1.82) is 0 Å². The minimum atomic E-state index is -0.410. The van der Waals surface area contributed by atoms with Gasteiger partial charge in [0.15, 0.2) is 0 Å². The monoisotopic (exact) mass is 288 g/mol. The van der Waals surface area contributed by atoms with Crippen LogP contribution in [0.2, 0.25) is 0 Å². The molecular formula is C15H16N2O4. The van der Waals surface area contributed by atoms with E-state index in [4.69, 9.17) is 14.7 Å². The molecule has 2 rings (SSSR count). The van der Waals surface area contributed by atoms with Crippen molar-refractivity contribution in [1.82, 2.24) is 9.94 Å². The summed E-state index contributed by atoms with van der Waals surface area (Å²) in [5.41, 5.74) is 1.88. The Balaban J connectivity index is 2.26. The highest BCUT2D eigenvalue weighted by atomic mass is 16.5. The van der Waals surface area contributed by atoms with E-state index in [9.17, 15) is 4.79 Å². The third-order valence-corrected chi connectivity index (χ3v) is 2.84. The first-order chi connectivity index (χ1) is 10.2. The molecule has 110 valence electrons. The first-order valence-corrected chi connectivity index (χ1v) is 6.45. The second kappa shape index (κ2) is 6.60. The highest BCUT2D eigenvalue weighted by Crippen LogP contribution is 2.19. The highest BCUT2D eigenvalue weighted by Gasteiger charge is 2.15. The SMILES string of the molecule is C=Cc1cccc(C(=O)OCC)c1COc1ccn(O)n1. The lowest BCUT2D eigenvalue weighted by molar-refractivity contribution is 0.0523. The average Bonchev–Trinajstić information content (AvgIpc) is 2.90.